The van der Waals surface area contributed by atoms with Gasteiger partial charge in [0.15, 0.2) is 0 Å². The first-order chi connectivity index (χ1) is 5.88. The van der Waals surface area contributed by atoms with Crippen LogP contribution in [0.4, 0.5) is 0 Å². The zero-order valence-electron chi connectivity index (χ0n) is 7.50. The second-order valence-corrected chi connectivity index (χ2v) is 3.32. The van der Waals surface area contributed by atoms with Crippen LogP contribution in [0.5, 0.6) is 0 Å². The molecule has 3 heteroatoms. The van der Waals surface area contributed by atoms with Crippen LogP contribution in [0.3, 0.4) is 0 Å². The first-order valence-corrected chi connectivity index (χ1v) is 4.72. The summed E-state index contributed by atoms with van der Waals surface area (Å²) >= 11 is 0. The second-order valence-electron chi connectivity index (χ2n) is 3.32. The molecule has 1 aliphatic rings. The van der Waals surface area contributed by atoms with Gasteiger partial charge in [-0.15, -0.1) is 0 Å². The molecule has 1 rings (SSSR count). The topological polar surface area (TPSA) is 53.1 Å². The van der Waals surface area contributed by atoms with Crippen molar-refractivity contribution in [1.82, 2.24) is 4.90 Å². The van der Waals surface area contributed by atoms with E-state index < -0.39 is 0 Å². The van der Waals surface area contributed by atoms with Crippen LogP contribution in [-0.4, -0.2) is 30.6 Å². The zero-order valence-corrected chi connectivity index (χ0v) is 7.50. The summed E-state index contributed by atoms with van der Waals surface area (Å²) in [7, 11) is 0. The van der Waals surface area contributed by atoms with Crippen molar-refractivity contribution in [2.45, 2.75) is 31.7 Å². The lowest BCUT2D eigenvalue weighted by atomic mass is 10.1. The minimum absolute atomic E-state index is 0.0651. The van der Waals surface area contributed by atoms with Crippen LogP contribution in [-0.2, 0) is 0 Å². The molecule has 3 nitrogen and oxygen atoms in total. The number of nitrogens with zero attached hydrogens (tertiary/aromatic N) is 2. The monoisotopic (exact) mass is 167 g/mol. The minimum Gasteiger partial charge on any atom is -0.330 e. The molecule has 1 atom stereocenters. The Balaban J connectivity index is 2.36. The molecular formula is C9H17N3. The van der Waals surface area contributed by atoms with Gasteiger partial charge in [0.2, 0.25) is 0 Å². The lowest BCUT2D eigenvalue weighted by Crippen LogP contribution is -2.39. The van der Waals surface area contributed by atoms with E-state index in [9.17, 15) is 0 Å². The molecule has 1 saturated heterocycles. The Hall–Kier alpha value is -0.590. The molecule has 0 aromatic carbocycles. The number of hydrogen-bond acceptors (Lipinski definition) is 3. The quantitative estimate of drug-likeness (QED) is 0.673. The molecule has 1 unspecified atom stereocenters. The normalized spacial score (nSPS) is 21.7. The SMILES string of the molecule is N#CC(CCN)N1CCCCC1. The van der Waals surface area contributed by atoms with Crippen LogP contribution in [0, 0.1) is 11.3 Å². The van der Waals surface area contributed by atoms with Crippen molar-refractivity contribution in [3.63, 3.8) is 0 Å². The summed E-state index contributed by atoms with van der Waals surface area (Å²) in [5, 5.41) is 8.86. The molecule has 0 aliphatic carbocycles. The number of likely N-dealkylation sites (tertiary alicyclic amines) is 1. The van der Waals surface area contributed by atoms with Gasteiger partial charge in [-0.3, -0.25) is 4.90 Å². The Kier molecular flexibility index (Phi) is 4.06. The van der Waals surface area contributed by atoms with Crippen LogP contribution in [0.2, 0.25) is 0 Å². The van der Waals surface area contributed by atoms with Crippen molar-refractivity contribution in [2.75, 3.05) is 19.6 Å². The first-order valence-electron chi connectivity index (χ1n) is 4.72. The average molecular weight is 167 g/mol. The second kappa shape index (κ2) is 5.13. The van der Waals surface area contributed by atoms with E-state index in [0.29, 0.717) is 6.54 Å². The summed E-state index contributed by atoms with van der Waals surface area (Å²) in [6.45, 7) is 2.78. The largest absolute Gasteiger partial charge is 0.330 e. The third-order valence-electron chi connectivity index (χ3n) is 2.42. The van der Waals surface area contributed by atoms with Gasteiger partial charge < -0.3 is 5.73 Å². The van der Waals surface area contributed by atoms with E-state index in [-0.39, 0.29) is 6.04 Å². The van der Waals surface area contributed by atoms with Crippen molar-refractivity contribution < 1.29 is 0 Å². The van der Waals surface area contributed by atoms with Gasteiger partial charge in [0.25, 0.3) is 0 Å². The summed E-state index contributed by atoms with van der Waals surface area (Å²) in [4.78, 5) is 2.26. The Bertz CT molecular complexity index is 156. The molecule has 1 heterocycles. The number of rotatable bonds is 3. The van der Waals surface area contributed by atoms with Crippen LogP contribution in [0.25, 0.3) is 0 Å². The molecule has 2 N–H and O–H groups in total. The van der Waals surface area contributed by atoms with Crippen molar-refractivity contribution >= 4 is 0 Å². The van der Waals surface area contributed by atoms with E-state index in [0.717, 1.165) is 19.5 Å². The standard InChI is InChI=1S/C9H17N3/c10-5-4-9(8-11)12-6-2-1-3-7-12/h9H,1-7,10H2. The van der Waals surface area contributed by atoms with Crippen LogP contribution >= 0.6 is 0 Å². The van der Waals surface area contributed by atoms with Gasteiger partial charge in [-0.05, 0) is 38.9 Å². The summed E-state index contributed by atoms with van der Waals surface area (Å²) < 4.78 is 0. The maximum Gasteiger partial charge on any atom is 0.0989 e. The van der Waals surface area contributed by atoms with Crippen molar-refractivity contribution in [1.29, 1.82) is 5.26 Å². The van der Waals surface area contributed by atoms with Crippen molar-refractivity contribution in [3.05, 3.63) is 0 Å². The fourth-order valence-electron chi connectivity index (χ4n) is 1.72. The highest BCUT2D eigenvalue weighted by atomic mass is 15.2. The lowest BCUT2D eigenvalue weighted by molar-refractivity contribution is 0.189. The maximum absolute atomic E-state index is 8.86. The molecule has 0 saturated carbocycles. The maximum atomic E-state index is 8.86. The Morgan fingerprint density at radius 1 is 1.33 bits per heavy atom. The third kappa shape index (κ3) is 2.47. The van der Waals surface area contributed by atoms with E-state index in [1.807, 2.05) is 0 Å². The molecule has 0 radical (unpaired) electrons. The Morgan fingerprint density at radius 3 is 2.50 bits per heavy atom. The lowest BCUT2D eigenvalue weighted by Gasteiger charge is -2.30. The molecule has 1 aliphatic heterocycles. The van der Waals surface area contributed by atoms with Gasteiger partial charge >= 0.3 is 0 Å². The summed E-state index contributed by atoms with van der Waals surface area (Å²) in [6, 6.07) is 2.38. The van der Waals surface area contributed by atoms with Gasteiger partial charge in [-0.25, -0.2) is 0 Å². The zero-order chi connectivity index (χ0) is 8.81. The fraction of sp³-hybridized carbons (Fsp3) is 0.889. The van der Waals surface area contributed by atoms with E-state index in [1.54, 1.807) is 0 Å². The number of nitriles is 1. The molecule has 0 amide bonds. The molecular weight excluding hydrogens is 150 g/mol. The number of nitrogens with two attached hydrogens (primary N) is 1. The number of piperidine rings is 1. The van der Waals surface area contributed by atoms with Gasteiger partial charge in [0, 0.05) is 0 Å². The van der Waals surface area contributed by atoms with E-state index >= 15 is 0 Å². The smallest absolute Gasteiger partial charge is 0.0989 e. The molecule has 0 aromatic rings. The Labute approximate surface area is 74.1 Å². The molecule has 68 valence electrons. The predicted molar refractivity (Wildman–Crippen MR) is 48.5 cm³/mol. The Morgan fingerprint density at radius 2 is 2.00 bits per heavy atom. The molecule has 0 bridgehead atoms. The summed E-state index contributed by atoms with van der Waals surface area (Å²) in [5.74, 6) is 0. The molecule has 12 heavy (non-hydrogen) atoms. The molecule has 1 fully saturated rings. The summed E-state index contributed by atoms with van der Waals surface area (Å²) in [6.07, 6.45) is 4.61. The minimum atomic E-state index is 0.0651. The van der Waals surface area contributed by atoms with Gasteiger partial charge in [-0.2, -0.15) is 5.26 Å². The van der Waals surface area contributed by atoms with Crippen molar-refractivity contribution in [3.8, 4) is 6.07 Å². The highest BCUT2D eigenvalue weighted by Gasteiger charge is 2.18. The first kappa shape index (κ1) is 9.50. The van der Waals surface area contributed by atoms with E-state index in [4.69, 9.17) is 11.0 Å². The van der Waals surface area contributed by atoms with Crippen LogP contribution in [0.1, 0.15) is 25.7 Å². The summed E-state index contributed by atoms with van der Waals surface area (Å²) in [5.41, 5.74) is 5.43. The van der Waals surface area contributed by atoms with E-state index in [1.165, 1.54) is 19.3 Å². The predicted octanol–water partition coefficient (Wildman–Crippen LogP) is 0.713. The molecule has 0 spiro atoms. The highest BCUT2D eigenvalue weighted by Crippen LogP contribution is 2.13. The third-order valence-corrected chi connectivity index (χ3v) is 2.42. The number of hydrogen-bond donors (Lipinski definition) is 1. The average Bonchev–Trinajstić information content (AvgIpc) is 2.15. The highest BCUT2D eigenvalue weighted by molar-refractivity contribution is 4.92. The van der Waals surface area contributed by atoms with Gasteiger partial charge in [0.05, 0.1) is 12.1 Å². The van der Waals surface area contributed by atoms with Crippen LogP contribution in [0.15, 0.2) is 0 Å². The van der Waals surface area contributed by atoms with E-state index in [2.05, 4.69) is 11.0 Å². The van der Waals surface area contributed by atoms with Crippen LogP contribution < -0.4 is 5.73 Å². The van der Waals surface area contributed by atoms with Crippen molar-refractivity contribution in [2.24, 2.45) is 5.73 Å². The van der Waals surface area contributed by atoms with Gasteiger partial charge in [0.1, 0.15) is 0 Å². The fourth-order valence-corrected chi connectivity index (χ4v) is 1.72. The molecule has 0 aromatic heterocycles. The van der Waals surface area contributed by atoms with Gasteiger partial charge in [-0.1, -0.05) is 6.42 Å².